The molecule has 2 amide bonds. The van der Waals surface area contributed by atoms with Crippen LogP contribution in [0.5, 0.6) is 0 Å². The Morgan fingerprint density at radius 2 is 1.40 bits per heavy atom. The van der Waals surface area contributed by atoms with Gasteiger partial charge < -0.3 is 14.6 Å². The molecule has 5 aromatic rings. The lowest BCUT2D eigenvalue weighted by atomic mass is 9.98. The van der Waals surface area contributed by atoms with Crippen molar-refractivity contribution >= 4 is 22.7 Å². The van der Waals surface area contributed by atoms with Gasteiger partial charge in [0.05, 0.1) is 6.54 Å². The monoisotopic (exact) mass is 570 g/mol. The van der Waals surface area contributed by atoms with E-state index in [-0.39, 0.29) is 6.54 Å². The zero-order chi connectivity index (χ0) is 29.5. The van der Waals surface area contributed by atoms with Gasteiger partial charge >= 0.3 is 6.03 Å². The Kier molecular flexibility index (Phi) is 9.27. The SMILES string of the molecule is CCCCCCCN(Cc1oc2ccc(-c3ccccc3)cc2c1-c1ccccc1)C(=O)Nc1c(F)cc(F)cc1F. The van der Waals surface area contributed by atoms with Gasteiger partial charge in [0, 0.05) is 29.6 Å². The number of nitrogens with one attached hydrogen (secondary N) is 1. The Balaban J connectivity index is 1.52. The molecule has 0 aliphatic rings. The molecular weight excluding hydrogens is 537 g/mol. The largest absolute Gasteiger partial charge is 0.459 e. The summed E-state index contributed by atoms with van der Waals surface area (Å²) in [6, 6.07) is 26.2. The number of urea groups is 1. The maximum atomic E-state index is 14.4. The molecule has 4 aromatic carbocycles. The van der Waals surface area contributed by atoms with Crippen LogP contribution in [0.15, 0.2) is 95.4 Å². The predicted octanol–water partition coefficient (Wildman–Crippen LogP) is 10.2. The number of furan rings is 1. The minimum Gasteiger partial charge on any atom is -0.459 e. The Bertz CT molecular complexity index is 1630. The summed E-state index contributed by atoms with van der Waals surface area (Å²) in [4.78, 5) is 15.0. The van der Waals surface area contributed by atoms with E-state index in [9.17, 15) is 18.0 Å². The first-order valence-corrected chi connectivity index (χ1v) is 14.3. The molecule has 0 atom stereocenters. The van der Waals surface area contributed by atoms with Crippen molar-refractivity contribution in [1.29, 1.82) is 0 Å². The van der Waals surface area contributed by atoms with Crippen LogP contribution in [0.1, 0.15) is 44.8 Å². The van der Waals surface area contributed by atoms with Crippen LogP contribution in [0, 0.1) is 17.5 Å². The number of carbonyl (C=O) groups is 1. The van der Waals surface area contributed by atoms with Gasteiger partial charge in [0.15, 0.2) is 11.6 Å². The molecular formula is C35H33F3N2O2. The summed E-state index contributed by atoms with van der Waals surface area (Å²) in [7, 11) is 0. The highest BCUT2D eigenvalue weighted by Gasteiger charge is 2.24. The number of benzene rings is 4. The molecule has 0 saturated heterocycles. The van der Waals surface area contributed by atoms with Crippen molar-refractivity contribution in [3.8, 4) is 22.3 Å². The summed E-state index contributed by atoms with van der Waals surface area (Å²) in [5, 5.41) is 3.23. The van der Waals surface area contributed by atoms with Gasteiger partial charge in [-0.1, -0.05) is 99.3 Å². The van der Waals surface area contributed by atoms with Gasteiger partial charge in [-0.05, 0) is 35.2 Å². The molecule has 0 saturated carbocycles. The summed E-state index contributed by atoms with van der Waals surface area (Å²) < 4.78 is 48.7. The molecule has 1 aromatic heterocycles. The van der Waals surface area contributed by atoms with Crippen molar-refractivity contribution in [1.82, 2.24) is 4.90 Å². The maximum Gasteiger partial charge on any atom is 0.322 e. The van der Waals surface area contributed by atoms with Crippen LogP contribution in [0.25, 0.3) is 33.2 Å². The van der Waals surface area contributed by atoms with Gasteiger partial charge in [0.2, 0.25) is 0 Å². The summed E-state index contributed by atoms with van der Waals surface area (Å²) in [5.41, 5.74) is 3.86. The van der Waals surface area contributed by atoms with Gasteiger partial charge in [-0.25, -0.2) is 18.0 Å². The average molecular weight is 571 g/mol. The molecule has 0 unspecified atom stereocenters. The molecule has 1 N–H and O–H groups in total. The first-order valence-electron chi connectivity index (χ1n) is 14.3. The lowest BCUT2D eigenvalue weighted by Crippen LogP contribution is -2.36. The Labute approximate surface area is 243 Å². The van der Waals surface area contributed by atoms with Crippen molar-refractivity contribution in [3.05, 3.63) is 114 Å². The molecule has 4 nitrogen and oxygen atoms in total. The van der Waals surface area contributed by atoms with Crippen LogP contribution in [0.4, 0.5) is 23.7 Å². The van der Waals surface area contributed by atoms with Crippen molar-refractivity contribution in [2.24, 2.45) is 0 Å². The number of unbranched alkanes of at least 4 members (excludes halogenated alkanes) is 4. The number of carbonyl (C=O) groups excluding carboxylic acids is 1. The number of nitrogens with zero attached hydrogens (tertiary/aromatic N) is 1. The molecule has 7 heteroatoms. The number of halogens is 3. The Hall–Kier alpha value is -4.52. The predicted molar refractivity (Wildman–Crippen MR) is 162 cm³/mol. The topological polar surface area (TPSA) is 45.5 Å². The van der Waals surface area contributed by atoms with Crippen LogP contribution < -0.4 is 5.32 Å². The summed E-state index contributed by atoms with van der Waals surface area (Å²) >= 11 is 0. The van der Waals surface area contributed by atoms with Crippen LogP contribution in [-0.4, -0.2) is 17.5 Å². The molecule has 0 bridgehead atoms. The Morgan fingerprint density at radius 3 is 2.07 bits per heavy atom. The van der Waals surface area contributed by atoms with Gasteiger partial charge in [-0.3, -0.25) is 0 Å². The van der Waals surface area contributed by atoms with Crippen molar-refractivity contribution in [2.45, 2.75) is 45.6 Å². The van der Waals surface area contributed by atoms with Crippen molar-refractivity contribution < 1.29 is 22.4 Å². The van der Waals surface area contributed by atoms with E-state index < -0.39 is 29.2 Å². The van der Waals surface area contributed by atoms with Crippen molar-refractivity contribution in [2.75, 3.05) is 11.9 Å². The number of fused-ring (bicyclic) bond motifs is 1. The van der Waals surface area contributed by atoms with E-state index in [1.165, 1.54) is 4.90 Å². The standard InChI is InChI=1S/C35H33F3N2O2/c1-2-3-4-5-12-19-40(35(41)39-34-29(37)21-27(36)22-30(34)38)23-32-33(25-15-10-7-11-16-25)28-20-26(17-18-31(28)42-32)24-13-8-6-9-14-24/h6-11,13-18,20-22H,2-5,12,19,23H2,1H3,(H,39,41). The summed E-state index contributed by atoms with van der Waals surface area (Å²) in [5.74, 6) is -2.85. The summed E-state index contributed by atoms with van der Waals surface area (Å²) in [6.45, 7) is 2.55. The van der Waals surface area contributed by atoms with E-state index in [2.05, 4.69) is 18.3 Å². The third-order valence-electron chi connectivity index (χ3n) is 7.32. The van der Waals surface area contributed by atoms with E-state index in [0.717, 1.165) is 53.3 Å². The first-order chi connectivity index (χ1) is 20.4. The fraction of sp³-hybridized carbons (Fsp3) is 0.229. The zero-order valence-corrected chi connectivity index (χ0v) is 23.5. The van der Waals surface area contributed by atoms with Gasteiger partial charge in [0.25, 0.3) is 0 Å². The second kappa shape index (κ2) is 13.4. The number of amides is 2. The van der Waals surface area contributed by atoms with Crippen LogP contribution >= 0.6 is 0 Å². The highest BCUT2D eigenvalue weighted by atomic mass is 19.1. The highest BCUT2D eigenvalue weighted by molar-refractivity contribution is 5.98. The van der Waals surface area contributed by atoms with Crippen LogP contribution in [0.2, 0.25) is 0 Å². The van der Waals surface area contributed by atoms with E-state index >= 15 is 0 Å². The smallest absolute Gasteiger partial charge is 0.322 e. The molecule has 0 radical (unpaired) electrons. The number of rotatable bonds is 11. The molecule has 5 rings (SSSR count). The highest BCUT2D eigenvalue weighted by Crippen LogP contribution is 2.38. The molecule has 42 heavy (non-hydrogen) atoms. The number of anilines is 1. The van der Waals surface area contributed by atoms with Crippen LogP contribution in [0.3, 0.4) is 0 Å². The average Bonchev–Trinajstić information content (AvgIpc) is 3.36. The van der Waals surface area contributed by atoms with E-state index in [4.69, 9.17) is 4.42 Å². The third-order valence-corrected chi connectivity index (χ3v) is 7.32. The molecule has 0 aliphatic heterocycles. The van der Waals surface area contributed by atoms with Crippen molar-refractivity contribution in [3.63, 3.8) is 0 Å². The third kappa shape index (κ3) is 6.68. The quantitative estimate of drug-likeness (QED) is 0.161. The molecule has 1 heterocycles. The molecule has 0 spiro atoms. The summed E-state index contributed by atoms with van der Waals surface area (Å²) in [6.07, 6.45) is 4.81. The maximum absolute atomic E-state index is 14.4. The second-order valence-corrected chi connectivity index (χ2v) is 10.4. The lowest BCUT2D eigenvalue weighted by molar-refractivity contribution is 0.203. The number of hydrogen-bond donors (Lipinski definition) is 1. The fourth-order valence-corrected chi connectivity index (χ4v) is 5.17. The molecule has 216 valence electrons. The van der Waals surface area contributed by atoms with E-state index in [1.54, 1.807) is 0 Å². The minimum atomic E-state index is -1.18. The van der Waals surface area contributed by atoms with E-state index in [0.29, 0.717) is 36.4 Å². The van der Waals surface area contributed by atoms with Gasteiger partial charge in [-0.15, -0.1) is 0 Å². The van der Waals surface area contributed by atoms with Crippen LogP contribution in [-0.2, 0) is 6.54 Å². The number of hydrogen-bond acceptors (Lipinski definition) is 2. The molecule has 0 aliphatic carbocycles. The van der Waals surface area contributed by atoms with Gasteiger partial charge in [0.1, 0.15) is 22.8 Å². The normalized spacial score (nSPS) is 11.1. The second-order valence-electron chi connectivity index (χ2n) is 10.4. The molecule has 0 fully saturated rings. The first kappa shape index (κ1) is 29.0. The zero-order valence-electron chi connectivity index (χ0n) is 23.5. The lowest BCUT2D eigenvalue weighted by Gasteiger charge is -2.23. The Morgan fingerprint density at radius 1 is 0.762 bits per heavy atom. The fourth-order valence-electron chi connectivity index (χ4n) is 5.17. The van der Waals surface area contributed by atoms with Gasteiger partial charge in [-0.2, -0.15) is 0 Å². The minimum absolute atomic E-state index is 0.0730. The van der Waals surface area contributed by atoms with E-state index in [1.807, 2.05) is 72.8 Å².